The highest BCUT2D eigenvalue weighted by Gasteiger charge is 2.17. The molecular weight excluding hydrogens is 501 g/mol. The lowest BCUT2D eigenvalue weighted by Crippen LogP contribution is -2.27. The van der Waals surface area contributed by atoms with E-state index in [9.17, 15) is 14.3 Å². The second-order valence-corrected chi connectivity index (χ2v) is 9.28. The van der Waals surface area contributed by atoms with Gasteiger partial charge in [-0.25, -0.2) is 14.4 Å². The van der Waals surface area contributed by atoms with Crippen molar-refractivity contribution in [1.29, 1.82) is 0 Å². The minimum absolute atomic E-state index is 0.147. The Balaban J connectivity index is 1.39. The molecule has 6 aromatic rings. The number of hydrogen-bond donors (Lipinski definition) is 4. The van der Waals surface area contributed by atoms with Crippen molar-refractivity contribution < 1.29 is 14.3 Å². The van der Waals surface area contributed by atoms with E-state index in [0.717, 1.165) is 11.5 Å². The first-order chi connectivity index (χ1) is 18.8. The number of anilines is 1. The molecule has 0 saturated heterocycles. The van der Waals surface area contributed by atoms with E-state index in [4.69, 9.17) is 0 Å². The van der Waals surface area contributed by atoms with Gasteiger partial charge in [0.1, 0.15) is 17.3 Å². The molecule has 0 bridgehead atoms. The zero-order valence-corrected chi connectivity index (χ0v) is 20.9. The van der Waals surface area contributed by atoms with Gasteiger partial charge in [0.05, 0.1) is 41.4 Å². The van der Waals surface area contributed by atoms with E-state index in [1.807, 2.05) is 20.2 Å². The van der Waals surface area contributed by atoms with Gasteiger partial charge in [0.15, 0.2) is 11.5 Å². The van der Waals surface area contributed by atoms with Crippen molar-refractivity contribution in [1.82, 2.24) is 40.0 Å². The van der Waals surface area contributed by atoms with Crippen molar-refractivity contribution >= 4 is 33.7 Å². The summed E-state index contributed by atoms with van der Waals surface area (Å²) in [5, 5.41) is 20.9. The van der Waals surface area contributed by atoms with E-state index in [1.54, 1.807) is 41.8 Å². The highest BCUT2D eigenvalue weighted by atomic mass is 19.1. The van der Waals surface area contributed by atoms with E-state index in [-0.39, 0.29) is 18.2 Å². The highest BCUT2D eigenvalue weighted by Crippen LogP contribution is 2.33. The number of imidazole rings is 1. The lowest BCUT2D eigenvalue weighted by molar-refractivity contribution is -0.116. The number of carbonyl (C=O) groups is 1. The molecule has 0 aliphatic rings. The normalized spacial score (nSPS) is 11.5. The summed E-state index contributed by atoms with van der Waals surface area (Å²) in [6.07, 6.45) is 6.49. The maximum absolute atomic E-state index is 14.0. The van der Waals surface area contributed by atoms with Crippen LogP contribution in [0.1, 0.15) is 0 Å². The van der Waals surface area contributed by atoms with Crippen LogP contribution in [0.2, 0.25) is 0 Å². The zero-order chi connectivity index (χ0) is 27.1. The Morgan fingerprint density at radius 3 is 2.77 bits per heavy atom. The Morgan fingerprint density at radius 2 is 1.95 bits per heavy atom. The highest BCUT2D eigenvalue weighted by molar-refractivity contribution is 5.97. The van der Waals surface area contributed by atoms with Crippen molar-refractivity contribution in [2.24, 2.45) is 0 Å². The number of phenols is 1. The Morgan fingerprint density at radius 1 is 1.08 bits per heavy atom. The summed E-state index contributed by atoms with van der Waals surface area (Å²) >= 11 is 0. The number of amides is 1. The first kappa shape index (κ1) is 24.1. The average molecular weight is 524 g/mol. The van der Waals surface area contributed by atoms with Gasteiger partial charge in [0.2, 0.25) is 5.91 Å². The second-order valence-electron chi connectivity index (χ2n) is 9.28. The molecule has 1 amide bonds. The molecule has 12 heteroatoms. The van der Waals surface area contributed by atoms with Crippen LogP contribution < -0.4 is 5.32 Å². The minimum atomic E-state index is -0.552. The Kier molecular flexibility index (Phi) is 5.92. The van der Waals surface area contributed by atoms with Crippen LogP contribution in [0.25, 0.3) is 56.0 Å². The average Bonchev–Trinajstić information content (AvgIpc) is 3.51. The summed E-state index contributed by atoms with van der Waals surface area (Å²) in [6.45, 7) is 0.251. The number of benzene rings is 1. The SMILES string of the molecule is CN(C)CC(=O)Nc1cncc(-c2cc3c(-c4nc5nccc(-c6cc(O)cc(F)c6)c5[nH]4)n[nH]c3cn2)c1. The molecule has 4 N–H and O–H groups in total. The fourth-order valence-corrected chi connectivity index (χ4v) is 4.38. The fraction of sp³-hybridized carbons (Fsp3) is 0.111. The number of aromatic amines is 2. The van der Waals surface area contributed by atoms with Crippen LogP contribution in [0.15, 0.2) is 61.2 Å². The number of hydrogen-bond acceptors (Lipinski definition) is 8. The standard InChI is InChI=1S/C27H22FN9O2/c1-37(2)13-23(39)32-17-6-15(10-29-11-17)21-9-20-22(12-31-21)35-36-25(20)27-33-24-19(3-4-30-26(24)34-27)14-5-16(28)8-18(38)7-14/h3-12,38H,13H2,1-2H3,(H,32,39)(H,35,36)(H,30,33,34). The van der Waals surface area contributed by atoms with E-state index in [1.165, 1.54) is 12.1 Å². The maximum atomic E-state index is 14.0. The van der Waals surface area contributed by atoms with Gasteiger partial charge in [-0.2, -0.15) is 5.10 Å². The van der Waals surface area contributed by atoms with Gasteiger partial charge in [0, 0.05) is 35.0 Å². The smallest absolute Gasteiger partial charge is 0.238 e. The van der Waals surface area contributed by atoms with Crippen LogP contribution in [-0.2, 0) is 4.79 Å². The van der Waals surface area contributed by atoms with Crippen LogP contribution in [0.3, 0.4) is 0 Å². The first-order valence-electron chi connectivity index (χ1n) is 11.9. The first-order valence-corrected chi connectivity index (χ1v) is 11.9. The van der Waals surface area contributed by atoms with Gasteiger partial charge in [-0.3, -0.25) is 19.9 Å². The van der Waals surface area contributed by atoms with Crippen molar-refractivity contribution in [3.8, 4) is 39.7 Å². The number of phenolic OH excluding ortho intramolecular Hbond substituents is 1. The molecule has 5 heterocycles. The molecule has 39 heavy (non-hydrogen) atoms. The molecule has 0 spiro atoms. The monoisotopic (exact) mass is 523 g/mol. The molecule has 5 aromatic heterocycles. The third-order valence-electron chi connectivity index (χ3n) is 6.03. The molecule has 0 radical (unpaired) electrons. The Labute approximate surface area is 220 Å². The number of rotatable bonds is 6. The van der Waals surface area contributed by atoms with Gasteiger partial charge in [-0.05, 0) is 50.0 Å². The third kappa shape index (κ3) is 4.76. The minimum Gasteiger partial charge on any atom is -0.508 e. The second kappa shape index (κ2) is 9.58. The zero-order valence-electron chi connectivity index (χ0n) is 20.9. The van der Waals surface area contributed by atoms with E-state index >= 15 is 0 Å². The van der Waals surface area contributed by atoms with Crippen LogP contribution in [-0.4, -0.2) is 71.7 Å². The van der Waals surface area contributed by atoms with Crippen LogP contribution in [0, 0.1) is 5.82 Å². The molecule has 0 atom stereocenters. The summed E-state index contributed by atoms with van der Waals surface area (Å²) in [5.74, 6) is -0.421. The molecule has 0 aliphatic carbocycles. The molecule has 0 aliphatic heterocycles. The molecule has 6 rings (SSSR count). The van der Waals surface area contributed by atoms with E-state index < -0.39 is 5.82 Å². The van der Waals surface area contributed by atoms with Crippen molar-refractivity contribution in [3.63, 3.8) is 0 Å². The maximum Gasteiger partial charge on any atom is 0.238 e. The predicted molar refractivity (Wildman–Crippen MR) is 144 cm³/mol. The summed E-state index contributed by atoms with van der Waals surface area (Å²) in [4.78, 5) is 35.0. The lowest BCUT2D eigenvalue weighted by Gasteiger charge is -2.10. The lowest BCUT2D eigenvalue weighted by atomic mass is 10.1. The largest absolute Gasteiger partial charge is 0.508 e. The van der Waals surface area contributed by atoms with Crippen molar-refractivity contribution in [2.45, 2.75) is 0 Å². The molecular formula is C27H22FN9O2. The van der Waals surface area contributed by atoms with E-state index in [0.29, 0.717) is 56.3 Å². The van der Waals surface area contributed by atoms with Crippen LogP contribution in [0.4, 0.5) is 10.1 Å². The third-order valence-corrected chi connectivity index (χ3v) is 6.03. The molecule has 0 saturated carbocycles. The number of H-pyrrole nitrogens is 2. The van der Waals surface area contributed by atoms with Crippen LogP contribution in [0.5, 0.6) is 5.75 Å². The molecule has 0 fully saturated rings. The van der Waals surface area contributed by atoms with Crippen LogP contribution >= 0.6 is 0 Å². The number of aromatic nitrogens is 7. The number of nitrogens with one attached hydrogen (secondary N) is 3. The molecule has 11 nitrogen and oxygen atoms in total. The van der Waals surface area contributed by atoms with Gasteiger partial charge < -0.3 is 20.3 Å². The Hall–Kier alpha value is -5.23. The number of carbonyl (C=O) groups excluding carboxylic acids is 1. The number of fused-ring (bicyclic) bond motifs is 2. The van der Waals surface area contributed by atoms with Crippen molar-refractivity contribution in [3.05, 3.63) is 67.0 Å². The molecule has 194 valence electrons. The van der Waals surface area contributed by atoms with Crippen molar-refractivity contribution in [2.75, 3.05) is 26.0 Å². The number of halogens is 1. The van der Waals surface area contributed by atoms with Gasteiger partial charge >= 0.3 is 0 Å². The summed E-state index contributed by atoms with van der Waals surface area (Å²) in [5.41, 5.74) is 5.26. The fourth-order valence-electron chi connectivity index (χ4n) is 4.38. The van der Waals surface area contributed by atoms with E-state index in [2.05, 4.69) is 40.4 Å². The number of aromatic hydroxyl groups is 1. The number of nitrogens with zero attached hydrogens (tertiary/aromatic N) is 6. The quantitative estimate of drug-likeness (QED) is 0.256. The molecule has 1 aromatic carbocycles. The summed E-state index contributed by atoms with van der Waals surface area (Å²) < 4.78 is 14.0. The number of pyridine rings is 3. The summed E-state index contributed by atoms with van der Waals surface area (Å²) in [6, 6.07) is 9.25. The van der Waals surface area contributed by atoms with Gasteiger partial charge in [-0.15, -0.1) is 0 Å². The van der Waals surface area contributed by atoms with Gasteiger partial charge in [-0.1, -0.05) is 0 Å². The summed E-state index contributed by atoms with van der Waals surface area (Å²) in [7, 11) is 3.64. The molecule has 0 unspecified atom stereocenters. The number of likely N-dealkylation sites (N-methyl/N-ethyl adjacent to an activating group) is 1. The topological polar surface area (TPSA) is 149 Å². The Bertz CT molecular complexity index is 1840. The van der Waals surface area contributed by atoms with Gasteiger partial charge in [0.25, 0.3) is 0 Å². The predicted octanol–water partition coefficient (Wildman–Crippen LogP) is 3.97.